The van der Waals surface area contributed by atoms with Gasteiger partial charge in [0.2, 0.25) is 0 Å². The minimum Gasteiger partial charge on any atom is -0.380 e. The van der Waals surface area contributed by atoms with Crippen LogP contribution in [0.3, 0.4) is 0 Å². The molecular formula is C22H24ClNO2. The number of nitrogens with one attached hydrogen (secondary N) is 1. The number of carbonyl (C=O) groups excluding carboxylic acids is 1. The van der Waals surface area contributed by atoms with Crippen LogP contribution in [-0.2, 0) is 11.3 Å². The summed E-state index contributed by atoms with van der Waals surface area (Å²) in [6, 6.07) is 13.4. The van der Waals surface area contributed by atoms with E-state index in [9.17, 15) is 4.79 Å². The van der Waals surface area contributed by atoms with Crippen molar-refractivity contribution in [3.63, 3.8) is 0 Å². The van der Waals surface area contributed by atoms with Gasteiger partial charge in [-0.05, 0) is 60.6 Å². The zero-order chi connectivity index (χ0) is 18.7. The largest absolute Gasteiger partial charge is 0.380 e. The summed E-state index contributed by atoms with van der Waals surface area (Å²) in [5.41, 5.74) is 4.52. The zero-order valence-corrected chi connectivity index (χ0v) is 16.0. The Bertz CT molecular complexity index is 809. The summed E-state index contributed by atoms with van der Waals surface area (Å²) in [4.78, 5) is 13.0. The molecule has 3 nitrogen and oxygen atoms in total. The van der Waals surface area contributed by atoms with E-state index in [2.05, 4.69) is 11.9 Å². The average molecular weight is 370 g/mol. The Morgan fingerprint density at radius 3 is 2.54 bits per heavy atom. The molecule has 3 rings (SSSR count). The highest BCUT2D eigenvalue weighted by atomic mass is 35.5. The minimum atomic E-state index is -0.0761. The molecule has 0 radical (unpaired) electrons. The van der Waals surface area contributed by atoms with E-state index in [0.717, 1.165) is 35.1 Å². The molecular weight excluding hydrogens is 346 g/mol. The monoisotopic (exact) mass is 369 g/mol. The summed E-state index contributed by atoms with van der Waals surface area (Å²) in [7, 11) is 1.64. The van der Waals surface area contributed by atoms with Gasteiger partial charge in [0.05, 0.1) is 12.6 Å². The lowest BCUT2D eigenvalue weighted by atomic mass is 9.95. The molecule has 1 atom stereocenters. The van der Waals surface area contributed by atoms with Crippen molar-refractivity contribution in [2.45, 2.75) is 32.4 Å². The standard InChI is InChI=1S/C22H24ClNO2/c1-14(2)21(16-7-8-16)24-22(25)19-6-4-5-18(20(19)13-26-3)15-9-11-17(23)12-10-15/h4-6,9-12,16,21H,1,7-8,13H2,2-3H3,(H,24,25). The number of carbonyl (C=O) groups is 1. The highest BCUT2D eigenvalue weighted by molar-refractivity contribution is 6.30. The third-order valence-corrected chi connectivity index (χ3v) is 5.03. The normalized spacial score (nSPS) is 14.7. The molecule has 1 N–H and O–H groups in total. The van der Waals surface area contributed by atoms with Gasteiger partial charge in [-0.1, -0.05) is 48.0 Å². The first-order valence-electron chi connectivity index (χ1n) is 8.84. The van der Waals surface area contributed by atoms with Crippen molar-refractivity contribution in [2.24, 2.45) is 5.92 Å². The van der Waals surface area contributed by atoms with Gasteiger partial charge in [-0.15, -0.1) is 0 Å². The number of amides is 1. The lowest BCUT2D eigenvalue weighted by Crippen LogP contribution is -2.37. The van der Waals surface area contributed by atoms with Gasteiger partial charge in [0.25, 0.3) is 5.91 Å². The maximum absolute atomic E-state index is 13.0. The maximum Gasteiger partial charge on any atom is 0.252 e. The fourth-order valence-corrected chi connectivity index (χ4v) is 3.42. The van der Waals surface area contributed by atoms with Crippen LogP contribution in [-0.4, -0.2) is 19.1 Å². The van der Waals surface area contributed by atoms with Gasteiger partial charge in [-0.3, -0.25) is 4.79 Å². The highest BCUT2D eigenvalue weighted by Gasteiger charge is 2.33. The second-order valence-electron chi connectivity index (χ2n) is 6.91. The molecule has 2 aromatic carbocycles. The number of hydrogen-bond donors (Lipinski definition) is 1. The van der Waals surface area contributed by atoms with Crippen molar-refractivity contribution in [2.75, 3.05) is 7.11 Å². The minimum absolute atomic E-state index is 0.0390. The van der Waals surface area contributed by atoms with Crippen LogP contribution < -0.4 is 5.32 Å². The Balaban J connectivity index is 1.95. The number of rotatable bonds is 7. The van der Waals surface area contributed by atoms with E-state index >= 15 is 0 Å². The molecule has 2 aromatic rings. The van der Waals surface area contributed by atoms with E-state index in [0.29, 0.717) is 23.1 Å². The van der Waals surface area contributed by atoms with E-state index in [1.807, 2.05) is 49.4 Å². The number of benzene rings is 2. The number of methoxy groups -OCH3 is 1. The summed E-state index contributed by atoms with van der Waals surface area (Å²) in [5, 5.41) is 3.85. The van der Waals surface area contributed by atoms with Gasteiger partial charge in [-0.25, -0.2) is 0 Å². The molecule has 1 saturated carbocycles. The van der Waals surface area contributed by atoms with Gasteiger partial charge in [-0.2, -0.15) is 0 Å². The van der Waals surface area contributed by atoms with Crippen molar-refractivity contribution in [3.8, 4) is 11.1 Å². The van der Waals surface area contributed by atoms with Crippen LogP contribution in [0.25, 0.3) is 11.1 Å². The van der Waals surface area contributed by atoms with Crippen LogP contribution in [0.4, 0.5) is 0 Å². The second kappa shape index (κ2) is 8.07. The van der Waals surface area contributed by atoms with Crippen LogP contribution in [0.15, 0.2) is 54.6 Å². The summed E-state index contributed by atoms with van der Waals surface area (Å²) < 4.78 is 5.39. The van der Waals surface area contributed by atoms with Crippen LogP contribution in [0.5, 0.6) is 0 Å². The fraction of sp³-hybridized carbons (Fsp3) is 0.318. The Morgan fingerprint density at radius 1 is 1.27 bits per heavy atom. The molecule has 26 heavy (non-hydrogen) atoms. The van der Waals surface area contributed by atoms with Gasteiger partial charge in [0.1, 0.15) is 0 Å². The van der Waals surface area contributed by atoms with Crippen LogP contribution in [0.1, 0.15) is 35.7 Å². The topological polar surface area (TPSA) is 38.3 Å². The van der Waals surface area contributed by atoms with Crippen LogP contribution >= 0.6 is 11.6 Å². The highest BCUT2D eigenvalue weighted by Crippen LogP contribution is 2.35. The van der Waals surface area contributed by atoms with E-state index in [1.54, 1.807) is 7.11 Å². The second-order valence-corrected chi connectivity index (χ2v) is 7.34. The molecule has 0 aliphatic heterocycles. The lowest BCUT2D eigenvalue weighted by Gasteiger charge is -2.20. The van der Waals surface area contributed by atoms with Crippen molar-refractivity contribution < 1.29 is 9.53 Å². The number of halogens is 1. The Kier molecular flexibility index (Phi) is 5.80. The Labute approximate surface area is 160 Å². The predicted octanol–water partition coefficient (Wildman–Crippen LogP) is 5.24. The van der Waals surface area contributed by atoms with Crippen molar-refractivity contribution >= 4 is 17.5 Å². The summed E-state index contributed by atoms with van der Waals surface area (Å²) in [6.45, 7) is 6.38. The first-order valence-corrected chi connectivity index (χ1v) is 9.22. The molecule has 0 spiro atoms. The molecule has 0 heterocycles. The zero-order valence-electron chi connectivity index (χ0n) is 15.2. The lowest BCUT2D eigenvalue weighted by molar-refractivity contribution is 0.0934. The van der Waals surface area contributed by atoms with Crippen LogP contribution in [0.2, 0.25) is 5.02 Å². The average Bonchev–Trinajstić information content (AvgIpc) is 3.45. The van der Waals surface area contributed by atoms with E-state index in [4.69, 9.17) is 16.3 Å². The molecule has 1 amide bonds. The first kappa shape index (κ1) is 18.7. The maximum atomic E-state index is 13.0. The summed E-state index contributed by atoms with van der Waals surface area (Å²) >= 11 is 6.01. The molecule has 0 saturated heterocycles. The molecule has 136 valence electrons. The van der Waals surface area contributed by atoms with E-state index in [-0.39, 0.29) is 11.9 Å². The molecule has 0 aromatic heterocycles. The summed E-state index contributed by atoms with van der Waals surface area (Å²) in [6.07, 6.45) is 2.29. The summed E-state index contributed by atoms with van der Waals surface area (Å²) in [5.74, 6) is 0.439. The molecule has 1 aliphatic rings. The first-order chi connectivity index (χ1) is 12.5. The SMILES string of the molecule is C=C(C)C(NC(=O)c1cccc(-c2ccc(Cl)cc2)c1COC)C1CC1. The number of hydrogen-bond acceptors (Lipinski definition) is 2. The molecule has 1 aliphatic carbocycles. The van der Waals surface area contributed by atoms with Crippen molar-refractivity contribution in [3.05, 3.63) is 70.8 Å². The molecule has 1 unspecified atom stereocenters. The molecule has 4 heteroatoms. The third-order valence-electron chi connectivity index (χ3n) is 4.78. The van der Waals surface area contributed by atoms with E-state index < -0.39 is 0 Å². The molecule has 0 bridgehead atoms. The van der Waals surface area contributed by atoms with Gasteiger partial charge in [0.15, 0.2) is 0 Å². The third kappa shape index (κ3) is 4.17. The van der Waals surface area contributed by atoms with Gasteiger partial charge < -0.3 is 10.1 Å². The van der Waals surface area contributed by atoms with Gasteiger partial charge in [0, 0.05) is 17.7 Å². The Hall–Kier alpha value is -2.10. The van der Waals surface area contributed by atoms with Gasteiger partial charge >= 0.3 is 0 Å². The number of ether oxygens (including phenoxy) is 1. The predicted molar refractivity (Wildman–Crippen MR) is 106 cm³/mol. The van der Waals surface area contributed by atoms with Crippen LogP contribution in [0, 0.1) is 5.92 Å². The van der Waals surface area contributed by atoms with Crippen molar-refractivity contribution in [1.82, 2.24) is 5.32 Å². The molecule has 1 fully saturated rings. The van der Waals surface area contributed by atoms with Crippen molar-refractivity contribution in [1.29, 1.82) is 0 Å². The quantitative estimate of drug-likeness (QED) is 0.678. The smallest absolute Gasteiger partial charge is 0.252 e. The Morgan fingerprint density at radius 2 is 1.96 bits per heavy atom. The van der Waals surface area contributed by atoms with E-state index in [1.165, 1.54) is 0 Å². The fourth-order valence-electron chi connectivity index (χ4n) is 3.29.